The van der Waals surface area contributed by atoms with Crippen molar-refractivity contribution in [3.8, 4) is 0 Å². The van der Waals surface area contributed by atoms with Crippen molar-refractivity contribution in [3.63, 3.8) is 0 Å². The second kappa shape index (κ2) is 6.22. The standard InChI is InChI=1S/C10H14N2O3S/c1-3-8-7(5-9(14)15-4-2)12-10(16-8)11-6-13/h6H,3-5H2,1-2H3,(H,11,12,13). The Labute approximate surface area is 97.8 Å². The van der Waals surface area contributed by atoms with Crippen LogP contribution in [-0.2, 0) is 27.2 Å². The number of carbonyl (C=O) groups is 2. The average Bonchev–Trinajstić information content (AvgIpc) is 2.61. The van der Waals surface area contributed by atoms with Gasteiger partial charge in [0.25, 0.3) is 0 Å². The first-order chi connectivity index (χ1) is 7.71. The van der Waals surface area contributed by atoms with Gasteiger partial charge in [0.05, 0.1) is 18.7 Å². The monoisotopic (exact) mass is 242 g/mol. The van der Waals surface area contributed by atoms with Crippen LogP contribution in [0.2, 0.25) is 0 Å². The van der Waals surface area contributed by atoms with Gasteiger partial charge in [0.2, 0.25) is 6.41 Å². The fourth-order valence-electron chi connectivity index (χ4n) is 1.26. The van der Waals surface area contributed by atoms with Crippen LogP contribution in [0, 0.1) is 0 Å². The Morgan fingerprint density at radius 1 is 1.56 bits per heavy atom. The Morgan fingerprint density at radius 2 is 2.31 bits per heavy atom. The van der Waals surface area contributed by atoms with E-state index < -0.39 is 0 Å². The van der Waals surface area contributed by atoms with Gasteiger partial charge in [-0.1, -0.05) is 6.92 Å². The molecule has 0 bridgehead atoms. The highest BCUT2D eigenvalue weighted by molar-refractivity contribution is 7.15. The summed E-state index contributed by atoms with van der Waals surface area (Å²) < 4.78 is 4.85. The summed E-state index contributed by atoms with van der Waals surface area (Å²) in [5.41, 5.74) is 0.690. The van der Waals surface area contributed by atoms with Crippen molar-refractivity contribution in [2.45, 2.75) is 26.7 Å². The minimum absolute atomic E-state index is 0.161. The zero-order chi connectivity index (χ0) is 12.0. The molecule has 1 aromatic heterocycles. The molecular formula is C10H14N2O3S. The van der Waals surface area contributed by atoms with E-state index in [0.29, 0.717) is 23.8 Å². The third kappa shape index (κ3) is 3.30. The second-order valence-corrected chi connectivity index (χ2v) is 4.07. The number of ether oxygens (including phenoxy) is 1. The van der Waals surface area contributed by atoms with Gasteiger partial charge in [0.1, 0.15) is 0 Å². The Hall–Kier alpha value is -1.43. The molecule has 0 aliphatic rings. The van der Waals surface area contributed by atoms with E-state index in [1.54, 1.807) is 6.92 Å². The molecule has 1 aromatic rings. The Kier molecular flexibility index (Phi) is 4.91. The molecule has 0 spiro atoms. The molecule has 1 N–H and O–H groups in total. The lowest BCUT2D eigenvalue weighted by atomic mass is 10.2. The van der Waals surface area contributed by atoms with Gasteiger partial charge >= 0.3 is 5.97 Å². The van der Waals surface area contributed by atoms with Crippen molar-refractivity contribution in [1.29, 1.82) is 0 Å². The van der Waals surface area contributed by atoms with Gasteiger partial charge in [-0.05, 0) is 13.3 Å². The van der Waals surface area contributed by atoms with E-state index in [2.05, 4.69) is 10.3 Å². The highest BCUT2D eigenvalue weighted by atomic mass is 32.1. The van der Waals surface area contributed by atoms with E-state index in [-0.39, 0.29) is 12.4 Å². The molecular weight excluding hydrogens is 228 g/mol. The Morgan fingerprint density at radius 3 is 2.88 bits per heavy atom. The van der Waals surface area contributed by atoms with Crippen molar-refractivity contribution in [2.24, 2.45) is 0 Å². The topological polar surface area (TPSA) is 68.3 Å². The number of amides is 1. The number of carbonyl (C=O) groups excluding carboxylic acids is 2. The van der Waals surface area contributed by atoms with Crippen molar-refractivity contribution >= 4 is 28.8 Å². The number of nitrogens with zero attached hydrogens (tertiary/aromatic N) is 1. The molecule has 0 aliphatic heterocycles. The summed E-state index contributed by atoms with van der Waals surface area (Å²) >= 11 is 1.38. The van der Waals surface area contributed by atoms with Gasteiger partial charge in [-0.2, -0.15) is 0 Å². The first kappa shape index (κ1) is 12.6. The van der Waals surface area contributed by atoms with Crippen LogP contribution in [0.25, 0.3) is 0 Å². The lowest BCUT2D eigenvalue weighted by Gasteiger charge is -2.00. The van der Waals surface area contributed by atoms with Gasteiger partial charge in [-0.25, -0.2) is 4.98 Å². The number of esters is 1. The number of nitrogens with one attached hydrogen (secondary N) is 1. The van der Waals surface area contributed by atoms with E-state index in [1.165, 1.54) is 11.3 Å². The van der Waals surface area contributed by atoms with Crippen molar-refractivity contribution in [2.75, 3.05) is 11.9 Å². The zero-order valence-corrected chi connectivity index (χ0v) is 10.1. The minimum atomic E-state index is -0.292. The van der Waals surface area contributed by atoms with Crippen LogP contribution in [0.1, 0.15) is 24.4 Å². The largest absolute Gasteiger partial charge is 0.466 e. The molecule has 1 amide bonds. The van der Waals surface area contributed by atoms with Crippen LogP contribution < -0.4 is 5.32 Å². The van der Waals surface area contributed by atoms with Gasteiger partial charge in [-0.15, -0.1) is 11.3 Å². The van der Waals surface area contributed by atoms with Crippen LogP contribution >= 0.6 is 11.3 Å². The van der Waals surface area contributed by atoms with Crippen molar-refractivity contribution in [1.82, 2.24) is 4.98 Å². The molecule has 0 unspecified atom stereocenters. The maximum atomic E-state index is 11.3. The number of hydrogen-bond donors (Lipinski definition) is 1. The first-order valence-electron chi connectivity index (χ1n) is 5.05. The molecule has 0 aromatic carbocycles. The minimum Gasteiger partial charge on any atom is -0.466 e. The molecule has 16 heavy (non-hydrogen) atoms. The molecule has 1 rings (SSSR count). The second-order valence-electron chi connectivity index (χ2n) is 2.99. The summed E-state index contributed by atoms with van der Waals surface area (Å²) in [5, 5.41) is 3.00. The van der Waals surface area contributed by atoms with Crippen LogP contribution in [0.3, 0.4) is 0 Å². The Balaban J connectivity index is 2.76. The maximum Gasteiger partial charge on any atom is 0.311 e. The third-order valence-electron chi connectivity index (χ3n) is 1.90. The zero-order valence-electron chi connectivity index (χ0n) is 9.28. The molecule has 6 heteroatoms. The summed E-state index contributed by atoms with van der Waals surface area (Å²) in [5.74, 6) is -0.292. The molecule has 88 valence electrons. The van der Waals surface area contributed by atoms with Gasteiger partial charge < -0.3 is 10.1 Å². The predicted molar refractivity (Wildman–Crippen MR) is 61.5 cm³/mol. The van der Waals surface area contributed by atoms with Crippen LogP contribution in [0.15, 0.2) is 0 Å². The highest BCUT2D eigenvalue weighted by Gasteiger charge is 2.13. The summed E-state index contributed by atoms with van der Waals surface area (Å²) in [6.07, 6.45) is 1.52. The molecule has 5 nitrogen and oxygen atoms in total. The maximum absolute atomic E-state index is 11.3. The van der Waals surface area contributed by atoms with Gasteiger partial charge in [0.15, 0.2) is 5.13 Å². The molecule has 0 radical (unpaired) electrons. The van der Waals surface area contributed by atoms with Crippen LogP contribution in [0.5, 0.6) is 0 Å². The van der Waals surface area contributed by atoms with Gasteiger partial charge in [-0.3, -0.25) is 9.59 Å². The molecule has 0 aliphatic carbocycles. The van der Waals surface area contributed by atoms with Crippen LogP contribution in [-0.4, -0.2) is 24.0 Å². The van der Waals surface area contributed by atoms with Crippen molar-refractivity contribution in [3.05, 3.63) is 10.6 Å². The summed E-state index contributed by atoms with van der Waals surface area (Å²) in [6, 6.07) is 0. The van der Waals surface area contributed by atoms with E-state index >= 15 is 0 Å². The lowest BCUT2D eigenvalue weighted by Crippen LogP contribution is -2.09. The lowest BCUT2D eigenvalue weighted by molar-refractivity contribution is -0.142. The predicted octanol–water partition coefficient (Wildman–Crippen LogP) is 1.38. The summed E-state index contributed by atoms with van der Waals surface area (Å²) in [7, 11) is 0. The molecule has 0 saturated carbocycles. The van der Waals surface area contributed by atoms with Crippen LogP contribution in [0.4, 0.5) is 5.13 Å². The highest BCUT2D eigenvalue weighted by Crippen LogP contribution is 2.23. The SMILES string of the molecule is CCOC(=O)Cc1nc(NC=O)sc1CC. The van der Waals surface area contributed by atoms with E-state index in [0.717, 1.165) is 11.3 Å². The quantitative estimate of drug-likeness (QED) is 0.604. The third-order valence-corrected chi connectivity index (χ3v) is 3.07. The van der Waals surface area contributed by atoms with Crippen molar-refractivity contribution < 1.29 is 14.3 Å². The van der Waals surface area contributed by atoms with E-state index in [9.17, 15) is 9.59 Å². The fourth-order valence-corrected chi connectivity index (χ4v) is 2.13. The summed E-state index contributed by atoms with van der Waals surface area (Å²) in [4.78, 5) is 26.7. The summed E-state index contributed by atoms with van der Waals surface area (Å²) in [6.45, 7) is 4.11. The first-order valence-corrected chi connectivity index (χ1v) is 5.87. The molecule has 1 heterocycles. The average molecular weight is 242 g/mol. The number of hydrogen-bond acceptors (Lipinski definition) is 5. The number of aromatic nitrogens is 1. The smallest absolute Gasteiger partial charge is 0.311 e. The normalized spacial score (nSPS) is 9.88. The fraction of sp³-hybridized carbons (Fsp3) is 0.500. The molecule has 0 atom stereocenters. The number of anilines is 1. The molecule has 0 fully saturated rings. The number of rotatable bonds is 6. The molecule has 0 saturated heterocycles. The van der Waals surface area contributed by atoms with E-state index in [4.69, 9.17) is 4.74 Å². The Bertz CT molecular complexity index is 376. The number of aryl methyl sites for hydroxylation is 1. The van der Waals surface area contributed by atoms with Gasteiger partial charge in [0, 0.05) is 4.88 Å². The number of thiazole rings is 1. The van der Waals surface area contributed by atoms with E-state index in [1.807, 2.05) is 6.92 Å².